The zero-order chi connectivity index (χ0) is 19.7. The van der Waals surface area contributed by atoms with Gasteiger partial charge in [0.05, 0.1) is 16.4 Å². The molecule has 0 unspecified atom stereocenters. The molecule has 144 valence electrons. The molecule has 0 spiro atoms. The van der Waals surface area contributed by atoms with Crippen LogP contribution in [0.25, 0.3) is 10.2 Å². The number of carbonyl (C=O) groups is 1. The van der Waals surface area contributed by atoms with Gasteiger partial charge in [0, 0.05) is 13.6 Å². The van der Waals surface area contributed by atoms with E-state index in [1.54, 1.807) is 22.2 Å². The lowest BCUT2D eigenvalue weighted by molar-refractivity contribution is 0.0976. The Bertz CT molecular complexity index is 914. The van der Waals surface area contributed by atoms with Gasteiger partial charge in [-0.2, -0.15) is 5.10 Å². The fraction of sp³-hybridized carbons (Fsp3) is 0.450. The Labute approximate surface area is 164 Å². The summed E-state index contributed by atoms with van der Waals surface area (Å²) in [6.45, 7) is 7.61. The van der Waals surface area contributed by atoms with Crippen molar-refractivity contribution >= 4 is 32.6 Å². The summed E-state index contributed by atoms with van der Waals surface area (Å²) in [7, 11) is 5.90. The molecule has 2 heterocycles. The van der Waals surface area contributed by atoms with Crippen LogP contribution in [0.3, 0.4) is 0 Å². The van der Waals surface area contributed by atoms with Gasteiger partial charge < -0.3 is 4.90 Å². The molecule has 0 atom stereocenters. The van der Waals surface area contributed by atoms with E-state index in [4.69, 9.17) is 4.98 Å². The van der Waals surface area contributed by atoms with Gasteiger partial charge in [-0.25, -0.2) is 4.98 Å². The fourth-order valence-electron chi connectivity index (χ4n) is 3.17. The molecule has 3 rings (SSSR count). The summed E-state index contributed by atoms with van der Waals surface area (Å²) >= 11 is 1.59. The molecule has 1 amide bonds. The first kappa shape index (κ1) is 19.5. The highest BCUT2D eigenvalue weighted by Crippen LogP contribution is 2.34. The Balaban J connectivity index is 2.03. The predicted octanol–water partition coefficient (Wildman–Crippen LogP) is 3.55. The molecule has 0 aliphatic carbocycles. The van der Waals surface area contributed by atoms with Crippen molar-refractivity contribution in [1.82, 2.24) is 19.7 Å². The zero-order valence-corrected chi connectivity index (χ0v) is 17.7. The number of amides is 1. The minimum absolute atomic E-state index is 0.0411. The summed E-state index contributed by atoms with van der Waals surface area (Å²) in [5, 5.41) is 4.99. The van der Waals surface area contributed by atoms with E-state index in [1.165, 1.54) is 5.56 Å². The summed E-state index contributed by atoms with van der Waals surface area (Å²) in [6.07, 6.45) is 2.61. The standard InChI is InChI=1S/C20H27N5OS/c1-13-8-9-14(2)18-16(13)22-20(27-18)25(11-7-10-23(4)5)19(26)17-15(3)12-21-24(17)6/h8-9,12H,7,10-11H2,1-6H3. The van der Waals surface area contributed by atoms with Crippen LogP contribution >= 0.6 is 11.3 Å². The minimum Gasteiger partial charge on any atom is -0.309 e. The molecule has 0 saturated carbocycles. The number of aromatic nitrogens is 3. The van der Waals surface area contributed by atoms with Gasteiger partial charge in [0.1, 0.15) is 5.69 Å². The number of fused-ring (bicyclic) bond motifs is 1. The number of rotatable bonds is 6. The maximum atomic E-state index is 13.4. The first-order valence-corrected chi connectivity index (χ1v) is 9.93. The monoisotopic (exact) mass is 385 g/mol. The van der Waals surface area contributed by atoms with E-state index in [0.717, 1.165) is 39.4 Å². The number of benzene rings is 1. The molecule has 3 aromatic rings. The number of anilines is 1. The van der Waals surface area contributed by atoms with E-state index in [9.17, 15) is 4.79 Å². The van der Waals surface area contributed by atoms with Crippen molar-refractivity contribution in [3.63, 3.8) is 0 Å². The van der Waals surface area contributed by atoms with E-state index in [0.29, 0.717) is 12.2 Å². The van der Waals surface area contributed by atoms with Gasteiger partial charge in [0.15, 0.2) is 5.13 Å². The number of nitrogens with zero attached hydrogens (tertiary/aromatic N) is 5. The van der Waals surface area contributed by atoms with Crippen LogP contribution in [0.5, 0.6) is 0 Å². The number of thiazole rings is 1. The van der Waals surface area contributed by atoms with Crippen LogP contribution in [-0.2, 0) is 7.05 Å². The maximum absolute atomic E-state index is 13.4. The smallest absolute Gasteiger partial charge is 0.278 e. The highest BCUT2D eigenvalue weighted by atomic mass is 32.1. The second kappa shape index (κ2) is 7.78. The molecule has 0 radical (unpaired) electrons. The van der Waals surface area contributed by atoms with Crippen molar-refractivity contribution in [2.24, 2.45) is 7.05 Å². The van der Waals surface area contributed by atoms with Crippen molar-refractivity contribution in [1.29, 1.82) is 0 Å². The van der Waals surface area contributed by atoms with Crippen LogP contribution in [0, 0.1) is 20.8 Å². The largest absolute Gasteiger partial charge is 0.309 e. The van der Waals surface area contributed by atoms with E-state index < -0.39 is 0 Å². The molecule has 0 saturated heterocycles. The van der Waals surface area contributed by atoms with Gasteiger partial charge >= 0.3 is 0 Å². The highest BCUT2D eigenvalue weighted by Gasteiger charge is 2.25. The Kier molecular flexibility index (Phi) is 5.62. The third-order valence-electron chi connectivity index (χ3n) is 4.72. The summed E-state index contributed by atoms with van der Waals surface area (Å²) in [6, 6.07) is 4.20. The molecule has 0 bridgehead atoms. The lowest BCUT2D eigenvalue weighted by Gasteiger charge is -2.21. The molecule has 7 heteroatoms. The molecule has 2 aromatic heterocycles. The molecule has 0 fully saturated rings. The van der Waals surface area contributed by atoms with Crippen LogP contribution in [-0.4, -0.2) is 52.8 Å². The quantitative estimate of drug-likeness (QED) is 0.651. The molecule has 6 nitrogen and oxygen atoms in total. The number of hydrogen-bond donors (Lipinski definition) is 0. The van der Waals surface area contributed by atoms with Crippen molar-refractivity contribution < 1.29 is 4.79 Å². The Morgan fingerprint density at radius 1 is 1.11 bits per heavy atom. The number of hydrogen-bond acceptors (Lipinski definition) is 5. The average molecular weight is 386 g/mol. The van der Waals surface area contributed by atoms with E-state index in [-0.39, 0.29) is 5.91 Å². The Morgan fingerprint density at radius 2 is 1.81 bits per heavy atom. The molecular weight excluding hydrogens is 358 g/mol. The summed E-state index contributed by atoms with van der Waals surface area (Å²) < 4.78 is 2.80. The SMILES string of the molecule is Cc1cnn(C)c1C(=O)N(CCCN(C)C)c1nc2c(C)ccc(C)c2s1. The van der Waals surface area contributed by atoms with Crippen molar-refractivity contribution in [3.05, 3.63) is 40.7 Å². The fourth-order valence-corrected chi connectivity index (χ4v) is 4.31. The van der Waals surface area contributed by atoms with Crippen LogP contribution in [0.1, 0.15) is 33.6 Å². The van der Waals surface area contributed by atoms with Crippen molar-refractivity contribution in [2.75, 3.05) is 32.1 Å². The molecule has 1 aromatic carbocycles. The van der Waals surface area contributed by atoms with Gasteiger partial charge in [0.25, 0.3) is 5.91 Å². The van der Waals surface area contributed by atoms with Crippen LogP contribution in [0.2, 0.25) is 0 Å². The second-order valence-corrected chi connectivity index (χ2v) is 8.26. The van der Waals surface area contributed by atoms with Gasteiger partial charge in [-0.3, -0.25) is 14.4 Å². The van der Waals surface area contributed by atoms with E-state index in [1.807, 2.05) is 33.0 Å². The van der Waals surface area contributed by atoms with Gasteiger partial charge in [-0.15, -0.1) is 0 Å². The van der Waals surface area contributed by atoms with Crippen LogP contribution < -0.4 is 4.90 Å². The average Bonchev–Trinajstić information content (AvgIpc) is 3.19. The summed E-state index contributed by atoms with van der Waals surface area (Å²) in [5.74, 6) is -0.0411. The van der Waals surface area contributed by atoms with Gasteiger partial charge in [-0.1, -0.05) is 23.5 Å². The molecular formula is C20H27N5OS. The lowest BCUT2D eigenvalue weighted by Crippen LogP contribution is -2.35. The molecule has 0 aliphatic rings. The Hall–Kier alpha value is -2.25. The van der Waals surface area contributed by atoms with Crippen molar-refractivity contribution in [2.45, 2.75) is 27.2 Å². The maximum Gasteiger partial charge on any atom is 0.278 e. The van der Waals surface area contributed by atoms with E-state index >= 15 is 0 Å². The number of carbonyl (C=O) groups excluding carboxylic acids is 1. The van der Waals surface area contributed by atoms with E-state index in [2.05, 4.69) is 36.0 Å². The van der Waals surface area contributed by atoms with Gasteiger partial charge in [-0.05, 0) is 64.5 Å². The van der Waals surface area contributed by atoms with Crippen LogP contribution in [0.4, 0.5) is 5.13 Å². The third-order valence-corrected chi connectivity index (χ3v) is 5.93. The highest BCUT2D eigenvalue weighted by molar-refractivity contribution is 7.22. The van der Waals surface area contributed by atoms with Crippen LogP contribution in [0.15, 0.2) is 18.3 Å². The molecule has 0 N–H and O–H groups in total. The zero-order valence-electron chi connectivity index (χ0n) is 16.9. The normalized spacial score (nSPS) is 11.5. The van der Waals surface area contributed by atoms with Gasteiger partial charge in [0.2, 0.25) is 0 Å². The third kappa shape index (κ3) is 3.89. The topological polar surface area (TPSA) is 54.3 Å². The molecule has 0 aliphatic heterocycles. The Morgan fingerprint density at radius 3 is 2.41 bits per heavy atom. The molecule has 27 heavy (non-hydrogen) atoms. The first-order chi connectivity index (χ1) is 12.8. The summed E-state index contributed by atoms with van der Waals surface area (Å²) in [5.41, 5.74) is 4.82. The predicted molar refractivity (Wildman–Crippen MR) is 112 cm³/mol. The first-order valence-electron chi connectivity index (χ1n) is 9.11. The number of aryl methyl sites for hydroxylation is 4. The minimum atomic E-state index is -0.0411. The lowest BCUT2D eigenvalue weighted by atomic mass is 10.1. The van der Waals surface area contributed by atoms with Crippen molar-refractivity contribution in [3.8, 4) is 0 Å². The summed E-state index contributed by atoms with van der Waals surface area (Å²) in [4.78, 5) is 22.2. The second-order valence-electron chi connectivity index (χ2n) is 7.29.